The maximum atomic E-state index is 11.9. The molecule has 3 rings (SSSR count). The minimum atomic E-state index is -0.113. The molecule has 2 aliphatic rings. The van der Waals surface area contributed by atoms with Gasteiger partial charge in [0.05, 0.1) is 11.5 Å². The van der Waals surface area contributed by atoms with E-state index in [4.69, 9.17) is 11.6 Å². The monoisotopic (exact) mass is 309 g/mol. The van der Waals surface area contributed by atoms with Crippen molar-refractivity contribution in [2.75, 3.05) is 0 Å². The largest absolute Gasteiger partial charge is 0.348 e. The predicted octanol–water partition coefficient (Wildman–Crippen LogP) is 5.43. The Labute approximate surface area is 134 Å². The maximum Gasteiger partial charge on any atom is 0.229 e. The highest BCUT2D eigenvalue weighted by molar-refractivity contribution is 6.30. The van der Waals surface area contributed by atoms with Gasteiger partial charge in [-0.2, -0.15) is 0 Å². The number of aryl methyl sites for hydroxylation is 1. The number of hydrogen-bond donors (Lipinski definition) is 1. The number of halogens is 1. The van der Waals surface area contributed by atoms with Crippen molar-refractivity contribution in [3.05, 3.63) is 34.3 Å². The number of β-lactam (4-membered cyclic amide) rings is 1. The first-order valence-electron chi connectivity index (χ1n) is 8.20. The summed E-state index contributed by atoms with van der Waals surface area (Å²) >= 11 is 5.98. The second-order valence-corrected chi connectivity index (χ2v) is 5.71. The quantitative estimate of drug-likeness (QED) is 0.688. The minimum absolute atomic E-state index is 0.113. The lowest BCUT2D eigenvalue weighted by molar-refractivity contribution is -0.146. The Bertz CT molecular complexity index is 478. The van der Waals surface area contributed by atoms with Crippen LogP contribution in [0.15, 0.2) is 18.2 Å². The minimum Gasteiger partial charge on any atom is -0.348 e. The summed E-state index contributed by atoms with van der Waals surface area (Å²) in [7, 11) is 0. The second kappa shape index (κ2) is 7.84. The summed E-state index contributed by atoms with van der Waals surface area (Å²) in [6, 6.07) is 6.15. The first-order valence-corrected chi connectivity index (χ1v) is 8.58. The van der Waals surface area contributed by atoms with Gasteiger partial charge in [0.1, 0.15) is 0 Å². The first kappa shape index (κ1) is 18.0. The summed E-state index contributed by atoms with van der Waals surface area (Å²) < 4.78 is 0. The molecule has 1 aromatic rings. The van der Waals surface area contributed by atoms with Crippen LogP contribution >= 0.6 is 11.6 Å². The van der Waals surface area contributed by atoms with Gasteiger partial charge in [0.25, 0.3) is 0 Å². The van der Waals surface area contributed by atoms with E-state index in [1.165, 1.54) is 24.0 Å². The van der Waals surface area contributed by atoms with Crippen LogP contribution in [0.4, 0.5) is 0 Å². The van der Waals surface area contributed by atoms with Crippen molar-refractivity contribution in [2.24, 2.45) is 5.41 Å². The van der Waals surface area contributed by atoms with Crippen molar-refractivity contribution in [3.63, 3.8) is 0 Å². The Morgan fingerprint density at radius 1 is 1.14 bits per heavy atom. The standard InChI is InChI=1S/C14H16ClNO.2C2H6/c1-9-8-10(15)4-5-11(9)12-14(13(17)16-12)6-2-3-7-14;2*1-2/h4-5,8,12H,2-3,6-7H2,1H3,(H,16,17);2*1-2H3. The van der Waals surface area contributed by atoms with E-state index < -0.39 is 0 Å². The van der Waals surface area contributed by atoms with Crippen molar-refractivity contribution in [2.45, 2.75) is 66.3 Å². The lowest BCUT2D eigenvalue weighted by Crippen LogP contribution is -2.59. The average Bonchev–Trinajstić information content (AvgIpc) is 3.02. The van der Waals surface area contributed by atoms with E-state index in [2.05, 4.69) is 18.3 Å². The van der Waals surface area contributed by atoms with Gasteiger partial charge in [-0.25, -0.2) is 0 Å². The van der Waals surface area contributed by atoms with Gasteiger partial charge in [-0.1, -0.05) is 58.2 Å². The van der Waals surface area contributed by atoms with Crippen LogP contribution in [0.5, 0.6) is 0 Å². The molecule has 1 heterocycles. The third-order valence-electron chi connectivity index (χ3n) is 4.32. The molecular weight excluding hydrogens is 282 g/mol. The van der Waals surface area contributed by atoms with Crippen molar-refractivity contribution < 1.29 is 4.79 Å². The first-order chi connectivity index (χ1) is 10.1. The van der Waals surface area contributed by atoms with Crippen LogP contribution in [0.2, 0.25) is 5.02 Å². The van der Waals surface area contributed by atoms with Gasteiger partial charge in [0.2, 0.25) is 5.91 Å². The predicted molar refractivity (Wildman–Crippen MR) is 90.7 cm³/mol. The molecule has 0 aromatic heterocycles. The number of carbonyl (C=O) groups excluding carboxylic acids is 1. The van der Waals surface area contributed by atoms with Crippen molar-refractivity contribution >= 4 is 17.5 Å². The average molecular weight is 310 g/mol. The molecule has 1 unspecified atom stereocenters. The fraction of sp³-hybridized carbons (Fsp3) is 0.611. The smallest absolute Gasteiger partial charge is 0.229 e. The molecule has 0 radical (unpaired) electrons. The number of hydrogen-bond acceptors (Lipinski definition) is 1. The number of benzene rings is 1. The number of carbonyl (C=O) groups is 1. The molecule has 3 heteroatoms. The molecule has 1 aliphatic carbocycles. The fourth-order valence-electron chi connectivity index (χ4n) is 3.33. The van der Waals surface area contributed by atoms with Crippen molar-refractivity contribution in [1.29, 1.82) is 0 Å². The molecule has 21 heavy (non-hydrogen) atoms. The van der Waals surface area contributed by atoms with Crippen LogP contribution in [-0.4, -0.2) is 5.91 Å². The molecule has 1 aromatic carbocycles. The topological polar surface area (TPSA) is 29.1 Å². The summed E-state index contributed by atoms with van der Waals surface area (Å²) in [4.78, 5) is 11.9. The fourth-order valence-corrected chi connectivity index (χ4v) is 3.55. The Hall–Kier alpha value is -1.02. The summed E-state index contributed by atoms with van der Waals surface area (Å²) in [6.07, 6.45) is 4.42. The van der Waals surface area contributed by atoms with Crippen LogP contribution in [0.25, 0.3) is 0 Å². The van der Waals surface area contributed by atoms with Gasteiger partial charge >= 0.3 is 0 Å². The van der Waals surface area contributed by atoms with Crippen LogP contribution in [-0.2, 0) is 4.79 Å². The molecule has 0 bridgehead atoms. The Morgan fingerprint density at radius 3 is 2.19 bits per heavy atom. The molecule has 1 saturated carbocycles. The highest BCUT2D eigenvalue weighted by atomic mass is 35.5. The zero-order chi connectivity index (χ0) is 16.0. The van der Waals surface area contributed by atoms with Gasteiger partial charge in [0, 0.05) is 5.02 Å². The van der Waals surface area contributed by atoms with Crippen LogP contribution < -0.4 is 5.32 Å². The van der Waals surface area contributed by atoms with Crippen LogP contribution in [0.1, 0.15) is 70.5 Å². The third-order valence-corrected chi connectivity index (χ3v) is 4.55. The Balaban J connectivity index is 0.000000510. The molecule has 1 saturated heterocycles. The molecule has 1 N–H and O–H groups in total. The maximum absolute atomic E-state index is 11.9. The van der Waals surface area contributed by atoms with E-state index in [0.717, 1.165) is 17.9 Å². The van der Waals surface area contributed by atoms with E-state index >= 15 is 0 Å². The van der Waals surface area contributed by atoms with Gasteiger partial charge in [-0.15, -0.1) is 0 Å². The third kappa shape index (κ3) is 3.26. The van der Waals surface area contributed by atoms with Crippen molar-refractivity contribution in [1.82, 2.24) is 5.32 Å². The molecule has 2 nitrogen and oxygen atoms in total. The number of amides is 1. The molecule has 1 aliphatic heterocycles. The summed E-state index contributed by atoms with van der Waals surface area (Å²) in [6.45, 7) is 10.1. The molecule has 1 atom stereocenters. The Morgan fingerprint density at radius 2 is 1.71 bits per heavy atom. The zero-order valence-corrected chi connectivity index (χ0v) is 14.7. The van der Waals surface area contributed by atoms with E-state index in [1.54, 1.807) is 0 Å². The van der Waals surface area contributed by atoms with Gasteiger partial charge in [0.15, 0.2) is 0 Å². The molecule has 2 fully saturated rings. The van der Waals surface area contributed by atoms with E-state index in [-0.39, 0.29) is 17.4 Å². The lowest BCUT2D eigenvalue weighted by Gasteiger charge is -2.47. The highest BCUT2D eigenvalue weighted by Crippen LogP contribution is 2.54. The van der Waals surface area contributed by atoms with Crippen molar-refractivity contribution in [3.8, 4) is 0 Å². The Kier molecular flexibility index (Phi) is 6.73. The van der Waals surface area contributed by atoms with E-state index in [1.807, 2.05) is 39.8 Å². The van der Waals surface area contributed by atoms with Gasteiger partial charge in [-0.05, 0) is 43.0 Å². The molecule has 118 valence electrons. The number of nitrogens with one attached hydrogen (secondary N) is 1. The summed E-state index contributed by atoms with van der Waals surface area (Å²) in [5, 5.41) is 3.83. The van der Waals surface area contributed by atoms with Gasteiger partial charge < -0.3 is 5.32 Å². The molecule has 1 amide bonds. The summed E-state index contributed by atoms with van der Waals surface area (Å²) in [5.74, 6) is 0.245. The molecular formula is C18H28ClNO. The lowest BCUT2D eigenvalue weighted by atomic mass is 9.68. The highest BCUT2D eigenvalue weighted by Gasteiger charge is 2.56. The van der Waals surface area contributed by atoms with E-state index in [9.17, 15) is 4.79 Å². The summed E-state index contributed by atoms with van der Waals surface area (Å²) in [5.41, 5.74) is 2.29. The van der Waals surface area contributed by atoms with E-state index in [0.29, 0.717) is 0 Å². The molecule has 1 spiro atoms. The van der Waals surface area contributed by atoms with Crippen LogP contribution in [0.3, 0.4) is 0 Å². The number of rotatable bonds is 1. The van der Waals surface area contributed by atoms with Gasteiger partial charge in [-0.3, -0.25) is 4.79 Å². The second-order valence-electron chi connectivity index (χ2n) is 5.27. The SMILES string of the molecule is CC.CC.Cc1cc(Cl)ccc1C1NC(=O)C12CCCC2. The normalized spacial score (nSPS) is 21.4. The van der Waals surface area contributed by atoms with Crippen LogP contribution in [0, 0.1) is 12.3 Å². The zero-order valence-electron chi connectivity index (χ0n) is 13.9.